The second-order valence-electron chi connectivity index (χ2n) is 4.03. The highest BCUT2D eigenvalue weighted by Crippen LogP contribution is 2.28. The van der Waals surface area contributed by atoms with Crippen molar-refractivity contribution >= 4 is 29.0 Å². The molecule has 0 aliphatic carbocycles. The molecule has 3 N–H and O–H groups in total. The van der Waals surface area contributed by atoms with E-state index in [4.69, 9.17) is 22.5 Å². The van der Waals surface area contributed by atoms with E-state index < -0.39 is 5.82 Å². The Morgan fingerprint density at radius 3 is 2.94 bits per heavy atom. The van der Waals surface area contributed by atoms with Gasteiger partial charge >= 0.3 is 0 Å². The number of benzene rings is 1. The fraction of sp³-hybridized carbons (Fsp3) is 0.273. The van der Waals surface area contributed by atoms with Crippen molar-refractivity contribution in [3.63, 3.8) is 0 Å². The molecule has 1 fully saturated rings. The average Bonchev–Trinajstić information content (AvgIpc) is 2.74. The summed E-state index contributed by atoms with van der Waals surface area (Å²) in [6, 6.07) is 4.04. The van der Waals surface area contributed by atoms with Gasteiger partial charge in [0.2, 0.25) is 5.91 Å². The first-order chi connectivity index (χ1) is 8.52. The van der Waals surface area contributed by atoms with E-state index in [0.717, 1.165) is 0 Å². The fourth-order valence-electron chi connectivity index (χ4n) is 1.89. The van der Waals surface area contributed by atoms with Gasteiger partial charge in [-0.1, -0.05) is 16.8 Å². The number of carbonyl (C=O) groups is 1. The zero-order valence-electron chi connectivity index (χ0n) is 9.31. The van der Waals surface area contributed by atoms with Gasteiger partial charge in [0.1, 0.15) is 11.7 Å². The van der Waals surface area contributed by atoms with Crippen molar-refractivity contribution in [3.8, 4) is 0 Å². The van der Waals surface area contributed by atoms with Gasteiger partial charge in [0.05, 0.1) is 5.02 Å². The maximum absolute atomic E-state index is 13.0. The van der Waals surface area contributed by atoms with Crippen molar-refractivity contribution in [2.45, 2.75) is 6.42 Å². The molecule has 18 heavy (non-hydrogen) atoms. The van der Waals surface area contributed by atoms with Crippen LogP contribution in [0.5, 0.6) is 0 Å². The largest absolute Gasteiger partial charge is 0.409 e. The first-order valence-corrected chi connectivity index (χ1v) is 5.63. The molecule has 0 saturated carbocycles. The summed E-state index contributed by atoms with van der Waals surface area (Å²) in [5.74, 6) is -1.04. The number of anilines is 1. The number of amidine groups is 1. The lowest BCUT2D eigenvalue weighted by atomic mass is 10.1. The van der Waals surface area contributed by atoms with Gasteiger partial charge in [0, 0.05) is 24.6 Å². The van der Waals surface area contributed by atoms with Crippen LogP contribution in [0.25, 0.3) is 0 Å². The van der Waals surface area contributed by atoms with E-state index in [2.05, 4.69) is 5.16 Å². The van der Waals surface area contributed by atoms with Crippen LogP contribution in [-0.2, 0) is 4.79 Å². The summed E-state index contributed by atoms with van der Waals surface area (Å²) >= 11 is 5.66. The van der Waals surface area contributed by atoms with Crippen LogP contribution in [-0.4, -0.2) is 23.5 Å². The normalized spacial score (nSPS) is 20.6. The molecule has 1 saturated heterocycles. The molecule has 0 aromatic heterocycles. The SMILES string of the molecule is N/C(=N/O)[C@@H]1CC(=O)N(c2ccc(F)c(Cl)c2)C1. The smallest absolute Gasteiger partial charge is 0.227 e. The Labute approximate surface area is 108 Å². The Hall–Kier alpha value is -1.82. The number of oxime groups is 1. The minimum absolute atomic E-state index is 0.0130. The number of halogens is 2. The van der Waals surface area contributed by atoms with Crippen LogP contribution in [0.1, 0.15) is 6.42 Å². The zero-order valence-corrected chi connectivity index (χ0v) is 10.1. The summed E-state index contributed by atoms with van der Waals surface area (Å²) in [5, 5.41) is 11.4. The fourth-order valence-corrected chi connectivity index (χ4v) is 2.06. The van der Waals surface area contributed by atoms with Crippen molar-refractivity contribution in [2.24, 2.45) is 16.8 Å². The Bertz CT molecular complexity index is 521. The highest BCUT2D eigenvalue weighted by Gasteiger charge is 2.33. The third-order valence-corrected chi connectivity index (χ3v) is 3.16. The van der Waals surface area contributed by atoms with Crippen molar-refractivity contribution in [1.82, 2.24) is 0 Å². The monoisotopic (exact) mass is 271 g/mol. The maximum Gasteiger partial charge on any atom is 0.227 e. The molecule has 0 spiro atoms. The van der Waals surface area contributed by atoms with Crippen LogP contribution >= 0.6 is 11.6 Å². The van der Waals surface area contributed by atoms with Crippen LogP contribution in [0.4, 0.5) is 10.1 Å². The van der Waals surface area contributed by atoms with Gasteiger partial charge in [-0.15, -0.1) is 0 Å². The maximum atomic E-state index is 13.0. The molecule has 1 atom stereocenters. The highest BCUT2D eigenvalue weighted by atomic mass is 35.5. The van der Waals surface area contributed by atoms with Crippen molar-refractivity contribution < 1.29 is 14.4 Å². The van der Waals surface area contributed by atoms with Crippen molar-refractivity contribution in [2.75, 3.05) is 11.4 Å². The Morgan fingerprint density at radius 1 is 1.61 bits per heavy atom. The lowest BCUT2D eigenvalue weighted by Crippen LogP contribution is -2.28. The van der Waals surface area contributed by atoms with Gasteiger partial charge in [-0.2, -0.15) is 0 Å². The lowest BCUT2D eigenvalue weighted by Gasteiger charge is -2.16. The molecule has 1 heterocycles. The number of rotatable bonds is 2. The van der Waals surface area contributed by atoms with E-state index in [9.17, 15) is 9.18 Å². The number of amides is 1. The Morgan fingerprint density at radius 2 is 2.33 bits per heavy atom. The van der Waals surface area contributed by atoms with Gasteiger partial charge in [0.15, 0.2) is 0 Å². The second-order valence-corrected chi connectivity index (χ2v) is 4.44. The van der Waals surface area contributed by atoms with Crippen LogP contribution in [0, 0.1) is 11.7 Å². The van der Waals surface area contributed by atoms with Gasteiger partial charge in [-0.25, -0.2) is 4.39 Å². The van der Waals surface area contributed by atoms with Crippen molar-refractivity contribution in [3.05, 3.63) is 29.0 Å². The quantitative estimate of drug-likeness (QED) is 0.371. The zero-order chi connectivity index (χ0) is 13.3. The predicted octanol–water partition coefficient (Wildman–Crippen LogP) is 1.58. The molecule has 1 amide bonds. The van der Waals surface area contributed by atoms with E-state index in [1.807, 2.05) is 0 Å². The van der Waals surface area contributed by atoms with Crippen LogP contribution < -0.4 is 10.6 Å². The molecule has 0 bridgehead atoms. The third kappa shape index (κ3) is 2.24. The molecule has 0 radical (unpaired) electrons. The molecular formula is C11H11ClFN3O2. The third-order valence-electron chi connectivity index (χ3n) is 2.87. The van der Waals surface area contributed by atoms with E-state index in [1.54, 1.807) is 0 Å². The molecule has 5 nitrogen and oxygen atoms in total. The average molecular weight is 272 g/mol. The number of nitrogens with zero attached hydrogens (tertiary/aromatic N) is 2. The van der Waals surface area contributed by atoms with Crippen LogP contribution in [0.2, 0.25) is 5.02 Å². The number of carbonyl (C=O) groups excluding carboxylic acids is 1. The summed E-state index contributed by atoms with van der Waals surface area (Å²) in [6.45, 7) is 0.288. The lowest BCUT2D eigenvalue weighted by molar-refractivity contribution is -0.117. The summed E-state index contributed by atoms with van der Waals surface area (Å²) in [4.78, 5) is 13.2. The van der Waals surface area contributed by atoms with E-state index in [1.165, 1.54) is 23.1 Å². The minimum Gasteiger partial charge on any atom is -0.409 e. The predicted molar refractivity (Wildman–Crippen MR) is 65.3 cm³/mol. The first-order valence-electron chi connectivity index (χ1n) is 5.25. The molecular weight excluding hydrogens is 261 g/mol. The molecule has 2 rings (SSSR count). The van der Waals surface area contributed by atoms with Gasteiger partial charge in [-0.3, -0.25) is 4.79 Å². The minimum atomic E-state index is -0.542. The summed E-state index contributed by atoms with van der Waals surface area (Å²) in [6.07, 6.45) is 0.158. The summed E-state index contributed by atoms with van der Waals surface area (Å²) in [7, 11) is 0. The topological polar surface area (TPSA) is 78.9 Å². The second kappa shape index (κ2) is 4.81. The molecule has 1 aliphatic rings. The molecule has 1 aliphatic heterocycles. The summed E-state index contributed by atoms with van der Waals surface area (Å²) < 4.78 is 13.0. The molecule has 1 aromatic carbocycles. The van der Waals surface area contributed by atoms with Gasteiger partial charge in [-0.05, 0) is 18.2 Å². The summed E-state index contributed by atoms with van der Waals surface area (Å²) in [5.41, 5.74) is 5.97. The molecule has 7 heteroatoms. The van der Waals surface area contributed by atoms with Crippen LogP contribution in [0.15, 0.2) is 23.4 Å². The number of nitrogens with two attached hydrogens (primary N) is 1. The Balaban J connectivity index is 2.24. The number of hydrogen-bond donors (Lipinski definition) is 2. The first kappa shape index (κ1) is 12.6. The van der Waals surface area contributed by atoms with E-state index in [-0.39, 0.29) is 35.6 Å². The van der Waals surface area contributed by atoms with Crippen molar-refractivity contribution in [1.29, 1.82) is 0 Å². The van der Waals surface area contributed by atoms with E-state index >= 15 is 0 Å². The standard InChI is InChI=1S/C11H11ClFN3O2/c12-8-4-7(1-2-9(8)13)16-5-6(3-10(16)17)11(14)15-18/h1-2,4,6,18H,3,5H2,(H2,14,15)/t6-/m1/s1. The molecule has 96 valence electrons. The highest BCUT2D eigenvalue weighted by molar-refractivity contribution is 6.31. The molecule has 1 aromatic rings. The molecule has 0 unspecified atom stereocenters. The van der Waals surface area contributed by atoms with Gasteiger partial charge in [0.25, 0.3) is 0 Å². The van der Waals surface area contributed by atoms with Crippen LogP contribution in [0.3, 0.4) is 0 Å². The van der Waals surface area contributed by atoms with Gasteiger partial charge < -0.3 is 15.8 Å². The number of hydrogen-bond acceptors (Lipinski definition) is 3. The van der Waals surface area contributed by atoms with E-state index in [0.29, 0.717) is 5.69 Å². The Kier molecular flexibility index (Phi) is 3.38.